The fourth-order valence-corrected chi connectivity index (χ4v) is 3.13. The van der Waals surface area contributed by atoms with Gasteiger partial charge in [-0.25, -0.2) is 0 Å². The van der Waals surface area contributed by atoms with E-state index < -0.39 is 0 Å². The highest BCUT2D eigenvalue weighted by molar-refractivity contribution is 6.36. The molecule has 1 aromatic carbocycles. The van der Waals surface area contributed by atoms with Gasteiger partial charge in [-0.1, -0.05) is 30.1 Å². The van der Waals surface area contributed by atoms with Gasteiger partial charge in [0.1, 0.15) is 0 Å². The summed E-state index contributed by atoms with van der Waals surface area (Å²) in [5, 5.41) is 3.88. The Kier molecular flexibility index (Phi) is 6.31. The Balaban J connectivity index is 1.93. The van der Waals surface area contributed by atoms with Crippen LogP contribution in [0, 0.1) is 5.92 Å². The first-order chi connectivity index (χ1) is 10.9. The predicted molar refractivity (Wildman–Crippen MR) is 93.0 cm³/mol. The van der Waals surface area contributed by atoms with E-state index >= 15 is 0 Å². The lowest BCUT2D eigenvalue weighted by molar-refractivity contribution is -0.126. The van der Waals surface area contributed by atoms with E-state index in [1.165, 1.54) is 0 Å². The molecular weight excluding hydrogens is 335 g/mol. The van der Waals surface area contributed by atoms with Crippen LogP contribution < -0.4 is 5.32 Å². The van der Waals surface area contributed by atoms with E-state index in [-0.39, 0.29) is 23.8 Å². The molecule has 2 rings (SSSR count). The third kappa shape index (κ3) is 4.61. The Morgan fingerprint density at radius 3 is 2.52 bits per heavy atom. The molecule has 6 heteroatoms. The van der Waals surface area contributed by atoms with Gasteiger partial charge >= 0.3 is 0 Å². The Bertz CT molecular complexity index is 584. The quantitative estimate of drug-likeness (QED) is 0.892. The summed E-state index contributed by atoms with van der Waals surface area (Å²) < 4.78 is 0. The van der Waals surface area contributed by atoms with Crippen LogP contribution in [0.25, 0.3) is 0 Å². The molecule has 0 saturated carbocycles. The second-order valence-corrected chi connectivity index (χ2v) is 6.85. The number of halogens is 2. The smallest absolute Gasteiger partial charge is 0.255 e. The third-order valence-corrected chi connectivity index (χ3v) is 4.86. The summed E-state index contributed by atoms with van der Waals surface area (Å²) in [6.45, 7) is 5.17. The number of hydrogen-bond acceptors (Lipinski definition) is 2. The first-order valence-corrected chi connectivity index (χ1v) is 8.72. The minimum Gasteiger partial charge on any atom is -0.353 e. The van der Waals surface area contributed by atoms with Crippen LogP contribution in [0.2, 0.25) is 10.0 Å². The zero-order valence-electron chi connectivity index (χ0n) is 13.4. The van der Waals surface area contributed by atoms with E-state index in [0.717, 1.165) is 6.42 Å². The zero-order valence-corrected chi connectivity index (χ0v) is 15.0. The molecule has 0 spiro atoms. The molecule has 1 aliphatic rings. The van der Waals surface area contributed by atoms with E-state index in [4.69, 9.17) is 23.2 Å². The number of benzene rings is 1. The van der Waals surface area contributed by atoms with Crippen LogP contribution in [0.1, 0.15) is 43.5 Å². The maximum atomic E-state index is 12.5. The number of nitrogens with one attached hydrogen (secondary N) is 1. The number of carbonyl (C=O) groups excluding carboxylic acids is 2. The fraction of sp³-hybridized carbons (Fsp3) is 0.529. The standard InChI is InChI=1S/C17H22Cl2N2O2/c1-3-11(2)20-16(22)12-6-8-21(9-7-12)17(23)14-5-4-13(18)10-15(14)19/h4-5,10-12H,3,6-9H2,1-2H3,(H,20,22). The maximum Gasteiger partial charge on any atom is 0.255 e. The van der Waals surface area contributed by atoms with Gasteiger partial charge in [0.05, 0.1) is 10.6 Å². The summed E-state index contributed by atoms with van der Waals surface area (Å²) in [4.78, 5) is 26.4. The highest BCUT2D eigenvalue weighted by Gasteiger charge is 2.28. The molecular formula is C17H22Cl2N2O2. The van der Waals surface area contributed by atoms with Crippen molar-refractivity contribution in [3.05, 3.63) is 33.8 Å². The number of carbonyl (C=O) groups is 2. The summed E-state index contributed by atoms with van der Waals surface area (Å²) in [6.07, 6.45) is 2.27. The molecule has 0 bridgehead atoms. The Hall–Kier alpha value is -1.26. The summed E-state index contributed by atoms with van der Waals surface area (Å²) in [6, 6.07) is 5.07. The molecule has 1 saturated heterocycles. The number of amides is 2. The van der Waals surface area contributed by atoms with E-state index in [2.05, 4.69) is 5.32 Å². The van der Waals surface area contributed by atoms with E-state index in [0.29, 0.717) is 41.5 Å². The van der Waals surface area contributed by atoms with Crippen LogP contribution >= 0.6 is 23.2 Å². The lowest BCUT2D eigenvalue weighted by atomic mass is 9.95. The molecule has 23 heavy (non-hydrogen) atoms. The van der Waals surface area contributed by atoms with Crippen LogP contribution in [-0.2, 0) is 4.79 Å². The Morgan fingerprint density at radius 2 is 1.96 bits per heavy atom. The van der Waals surface area contributed by atoms with Gasteiger partial charge in [-0.05, 0) is 44.4 Å². The van der Waals surface area contributed by atoms with Crippen molar-refractivity contribution in [2.24, 2.45) is 5.92 Å². The molecule has 1 aliphatic heterocycles. The van der Waals surface area contributed by atoms with Gasteiger partial charge in [-0.3, -0.25) is 9.59 Å². The van der Waals surface area contributed by atoms with E-state index in [1.807, 2.05) is 13.8 Å². The van der Waals surface area contributed by atoms with Crippen LogP contribution in [0.4, 0.5) is 0 Å². The number of piperidine rings is 1. The van der Waals surface area contributed by atoms with Crippen molar-refractivity contribution in [1.82, 2.24) is 10.2 Å². The topological polar surface area (TPSA) is 49.4 Å². The minimum atomic E-state index is -0.104. The van der Waals surface area contributed by atoms with Crippen molar-refractivity contribution < 1.29 is 9.59 Å². The monoisotopic (exact) mass is 356 g/mol. The lowest BCUT2D eigenvalue weighted by Gasteiger charge is -2.32. The van der Waals surface area contributed by atoms with Crippen molar-refractivity contribution in [3.63, 3.8) is 0 Å². The van der Waals surface area contributed by atoms with Crippen LogP contribution in [0.5, 0.6) is 0 Å². The third-order valence-electron chi connectivity index (χ3n) is 4.32. The molecule has 0 radical (unpaired) electrons. The molecule has 1 fully saturated rings. The van der Waals surface area contributed by atoms with Gasteiger partial charge in [0, 0.05) is 30.1 Å². The van der Waals surface area contributed by atoms with E-state index in [1.54, 1.807) is 23.1 Å². The van der Waals surface area contributed by atoms with Crippen molar-refractivity contribution in [2.45, 2.75) is 39.2 Å². The molecule has 1 atom stereocenters. The highest BCUT2D eigenvalue weighted by Crippen LogP contribution is 2.25. The Morgan fingerprint density at radius 1 is 1.30 bits per heavy atom. The minimum absolute atomic E-state index is 0.0197. The molecule has 126 valence electrons. The summed E-state index contributed by atoms with van der Waals surface area (Å²) >= 11 is 12.0. The van der Waals surface area contributed by atoms with Gasteiger partial charge in [0.15, 0.2) is 0 Å². The largest absolute Gasteiger partial charge is 0.353 e. The molecule has 0 aliphatic carbocycles. The van der Waals surface area contributed by atoms with Crippen LogP contribution in [-0.4, -0.2) is 35.8 Å². The summed E-state index contributed by atoms with van der Waals surface area (Å²) in [5.74, 6) is -0.0304. The molecule has 0 aromatic heterocycles. The van der Waals surface area contributed by atoms with Crippen molar-refractivity contribution in [2.75, 3.05) is 13.1 Å². The molecule has 2 amide bonds. The van der Waals surface area contributed by atoms with Gasteiger partial charge in [-0.15, -0.1) is 0 Å². The van der Waals surface area contributed by atoms with Gasteiger partial charge < -0.3 is 10.2 Å². The van der Waals surface area contributed by atoms with Crippen molar-refractivity contribution in [1.29, 1.82) is 0 Å². The molecule has 1 unspecified atom stereocenters. The van der Waals surface area contributed by atoms with Crippen LogP contribution in [0.3, 0.4) is 0 Å². The predicted octanol–water partition coefficient (Wildman–Crippen LogP) is 3.76. The van der Waals surface area contributed by atoms with E-state index in [9.17, 15) is 9.59 Å². The summed E-state index contributed by atoms with van der Waals surface area (Å²) in [7, 11) is 0. The molecule has 1 N–H and O–H groups in total. The molecule has 1 aromatic rings. The average Bonchev–Trinajstić information content (AvgIpc) is 2.54. The zero-order chi connectivity index (χ0) is 17.0. The number of likely N-dealkylation sites (tertiary alicyclic amines) is 1. The van der Waals surface area contributed by atoms with Gasteiger partial charge in [0.25, 0.3) is 5.91 Å². The molecule has 1 heterocycles. The first kappa shape index (κ1) is 18.1. The first-order valence-electron chi connectivity index (χ1n) is 7.97. The van der Waals surface area contributed by atoms with Gasteiger partial charge in [-0.2, -0.15) is 0 Å². The second kappa shape index (κ2) is 8.02. The summed E-state index contributed by atoms with van der Waals surface area (Å²) in [5.41, 5.74) is 0.457. The van der Waals surface area contributed by atoms with Crippen molar-refractivity contribution >= 4 is 35.0 Å². The van der Waals surface area contributed by atoms with Crippen molar-refractivity contribution in [3.8, 4) is 0 Å². The number of rotatable bonds is 4. The fourth-order valence-electron chi connectivity index (χ4n) is 2.64. The van der Waals surface area contributed by atoms with Crippen LogP contribution in [0.15, 0.2) is 18.2 Å². The highest BCUT2D eigenvalue weighted by atomic mass is 35.5. The number of nitrogens with zero attached hydrogens (tertiary/aromatic N) is 1. The Labute approximate surface area is 147 Å². The second-order valence-electron chi connectivity index (χ2n) is 6.01. The maximum absolute atomic E-state index is 12.5. The normalized spacial score (nSPS) is 17.0. The van der Waals surface area contributed by atoms with Gasteiger partial charge in [0.2, 0.25) is 5.91 Å². The molecule has 4 nitrogen and oxygen atoms in total. The lowest BCUT2D eigenvalue weighted by Crippen LogP contribution is -2.44. The number of hydrogen-bond donors (Lipinski definition) is 1. The SMILES string of the molecule is CCC(C)NC(=O)C1CCN(C(=O)c2ccc(Cl)cc2Cl)CC1. The average molecular weight is 357 g/mol.